The van der Waals surface area contributed by atoms with E-state index in [-0.39, 0.29) is 31.3 Å². The van der Waals surface area contributed by atoms with Gasteiger partial charge in [-0.25, -0.2) is 4.79 Å². The summed E-state index contributed by atoms with van der Waals surface area (Å²) in [5.74, 6) is -0.931. The number of hydrogen-bond acceptors (Lipinski definition) is 6. The number of fused-ring (bicyclic) bond motifs is 3. The molecule has 4 aromatic carbocycles. The normalized spacial score (nSPS) is 13.2. The number of esters is 1. The number of benzene rings is 4. The van der Waals surface area contributed by atoms with Gasteiger partial charge in [-0.2, -0.15) is 0 Å². The molecule has 43 heavy (non-hydrogen) atoms. The highest BCUT2D eigenvalue weighted by atomic mass is 16.5. The number of phenolic OH excluding ortho intramolecular Hbond substituents is 1. The molecule has 220 valence electrons. The van der Waals surface area contributed by atoms with E-state index in [4.69, 9.17) is 9.47 Å². The highest BCUT2D eigenvalue weighted by molar-refractivity contribution is 5.86. The molecule has 5 rings (SSSR count). The molecule has 0 fully saturated rings. The van der Waals surface area contributed by atoms with Gasteiger partial charge in [0.2, 0.25) is 5.91 Å². The number of aromatic hydroxyl groups is 1. The van der Waals surface area contributed by atoms with Gasteiger partial charge in [0.05, 0.1) is 6.04 Å². The lowest BCUT2D eigenvalue weighted by atomic mass is 9.98. The van der Waals surface area contributed by atoms with Crippen LogP contribution in [0.15, 0.2) is 103 Å². The Kier molecular flexibility index (Phi) is 9.36. The molecule has 0 radical (unpaired) electrons. The summed E-state index contributed by atoms with van der Waals surface area (Å²) in [6, 6.07) is 30.6. The number of phenols is 1. The van der Waals surface area contributed by atoms with Crippen LogP contribution in [-0.2, 0) is 31.9 Å². The van der Waals surface area contributed by atoms with Crippen LogP contribution in [0.25, 0.3) is 11.1 Å². The van der Waals surface area contributed by atoms with Gasteiger partial charge in [-0.15, -0.1) is 0 Å². The molecule has 1 aliphatic rings. The van der Waals surface area contributed by atoms with E-state index in [1.165, 1.54) is 19.1 Å². The van der Waals surface area contributed by atoms with E-state index < -0.39 is 30.1 Å². The van der Waals surface area contributed by atoms with Gasteiger partial charge in [0.25, 0.3) is 0 Å². The summed E-state index contributed by atoms with van der Waals surface area (Å²) in [7, 11) is 0. The van der Waals surface area contributed by atoms with Crippen molar-refractivity contribution in [3.63, 3.8) is 0 Å². The van der Waals surface area contributed by atoms with Crippen molar-refractivity contribution < 1.29 is 29.0 Å². The number of ether oxygens (including phenoxy) is 2. The van der Waals surface area contributed by atoms with Crippen molar-refractivity contribution in [2.45, 2.75) is 37.8 Å². The van der Waals surface area contributed by atoms with E-state index in [1.54, 1.807) is 12.1 Å². The number of rotatable bonds is 11. The van der Waals surface area contributed by atoms with Crippen LogP contribution in [0.1, 0.15) is 35.1 Å². The minimum atomic E-state index is -0.990. The predicted octanol–water partition coefficient (Wildman–Crippen LogP) is 5.13. The molecule has 0 aromatic heterocycles. The van der Waals surface area contributed by atoms with Crippen LogP contribution >= 0.6 is 0 Å². The minimum Gasteiger partial charge on any atom is -0.508 e. The molecule has 2 atom stereocenters. The van der Waals surface area contributed by atoms with E-state index in [1.807, 2.05) is 66.7 Å². The van der Waals surface area contributed by atoms with E-state index in [0.717, 1.165) is 33.4 Å². The SMILES string of the molecule is CC(=O)OC[C@@H](Cc1ccccc1)NC(=O)[C@H](Cc1ccc(O)cc1)NC(=O)OCC1c2ccccc2-c2ccccc21. The van der Waals surface area contributed by atoms with E-state index in [0.29, 0.717) is 6.42 Å². The van der Waals surface area contributed by atoms with Crippen molar-refractivity contribution in [2.75, 3.05) is 13.2 Å². The second-order valence-corrected chi connectivity index (χ2v) is 10.6. The fourth-order valence-electron chi connectivity index (χ4n) is 5.43. The second kappa shape index (κ2) is 13.7. The molecular formula is C35H34N2O6. The van der Waals surface area contributed by atoms with Gasteiger partial charge >= 0.3 is 12.1 Å². The molecule has 2 amide bonds. The smallest absolute Gasteiger partial charge is 0.407 e. The first-order chi connectivity index (χ1) is 20.9. The lowest BCUT2D eigenvalue weighted by Gasteiger charge is -2.24. The monoisotopic (exact) mass is 578 g/mol. The molecule has 3 N–H and O–H groups in total. The molecule has 0 spiro atoms. The second-order valence-electron chi connectivity index (χ2n) is 10.6. The van der Waals surface area contributed by atoms with E-state index in [9.17, 15) is 19.5 Å². The number of alkyl carbamates (subject to hydrolysis) is 1. The van der Waals surface area contributed by atoms with Crippen molar-refractivity contribution in [2.24, 2.45) is 0 Å². The van der Waals surface area contributed by atoms with Crippen LogP contribution in [-0.4, -0.2) is 48.4 Å². The lowest BCUT2D eigenvalue weighted by Crippen LogP contribution is -2.52. The van der Waals surface area contributed by atoms with Crippen LogP contribution in [0.5, 0.6) is 5.75 Å². The summed E-state index contributed by atoms with van der Waals surface area (Å²) in [5.41, 5.74) is 6.10. The average molecular weight is 579 g/mol. The molecule has 1 aliphatic carbocycles. The fourth-order valence-corrected chi connectivity index (χ4v) is 5.43. The van der Waals surface area contributed by atoms with Gasteiger partial charge in [0.1, 0.15) is 25.0 Å². The highest BCUT2D eigenvalue weighted by Crippen LogP contribution is 2.44. The number of carbonyl (C=O) groups excluding carboxylic acids is 3. The molecule has 0 heterocycles. The number of hydrogen-bond donors (Lipinski definition) is 3. The first kappa shape index (κ1) is 29.4. The van der Waals surface area contributed by atoms with Gasteiger partial charge in [0.15, 0.2) is 0 Å². The van der Waals surface area contributed by atoms with Crippen molar-refractivity contribution in [3.8, 4) is 16.9 Å². The molecular weight excluding hydrogens is 544 g/mol. The third-order valence-corrected chi connectivity index (χ3v) is 7.49. The Balaban J connectivity index is 1.30. The Morgan fingerprint density at radius 2 is 1.30 bits per heavy atom. The zero-order chi connectivity index (χ0) is 30.2. The summed E-state index contributed by atoms with van der Waals surface area (Å²) in [6.07, 6.45) is -0.140. The van der Waals surface area contributed by atoms with Gasteiger partial charge < -0.3 is 25.2 Å². The Morgan fingerprint density at radius 3 is 1.93 bits per heavy atom. The largest absolute Gasteiger partial charge is 0.508 e. The Hall–Kier alpha value is -5.11. The lowest BCUT2D eigenvalue weighted by molar-refractivity contribution is -0.142. The minimum absolute atomic E-state index is 0.0210. The molecule has 8 nitrogen and oxygen atoms in total. The summed E-state index contributed by atoms with van der Waals surface area (Å²) in [6.45, 7) is 1.40. The number of carbonyl (C=O) groups is 3. The third-order valence-electron chi connectivity index (χ3n) is 7.49. The summed E-state index contributed by atoms with van der Waals surface area (Å²) in [5, 5.41) is 15.4. The van der Waals surface area contributed by atoms with Crippen LogP contribution in [0, 0.1) is 0 Å². The van der Waals surface area contributed by atoms with Gasteiger partial charge in [0, 0.05) is 19.3 Å². The first-order valence-electron chi connectivity index (χ1n) is 14.2. The van der Waals surface area contributed by atoms with E-state index >= 15 is 0 Å². The van der Waals surface area contributed by atoms with Gasteiger partial charge in [-0.1, -0.05) is 91.0 Å². The van der Waals surface area contributed by atoms with Crippen LogP contribution < -0.4 is 10.6 Å². The highest BCUT2D eigenvalue weighted by Gasteiger charge is 2.30. The van der Waals surface area contributed by atoms with E-state index in [2.05, 4.69) is 22.8 Å². The van der Waals surface area contributed by atoms with Crippen molar-refractivity contribution in [1.29, 1.82) is 0 Å². The average Bonchev–Trinajstić information content (AvgIpc) is 3.33. The third kappa shape index (κ3) is 7.60. The molecule has 0 saturated heterocycles. The zero-order valence-electron chi connectivity index (χ0n) is 23.9. The van der Waals surface area contributed by atoms with Crippen LogP contribution in [0.2, 0.25) is 0 Å². The Labute approximate surface area is 250 Å². The first-order valence-corrected chi connectivity index (χ1v) is 14.2. The molecule has 0 bridgehead atoms. The number of nitrogens with one attached hydrogen (secondary N) is 2. The number of amides is 2. The van der Waals surface area contributed by atoms with Gasteiger partial charge in [-0.05, 0) is 51.9 Å². The topological polar surface area (TPSA) is 114 Å². The predicted molar refractivity (Wildman–Crippen MR) is 163 cm³/mol. The molecule has 0 unspecified atom stereocenters. The molecule has 0 aliphatic heterocycles. The quantitative estimate of drug-likeness (QED) is 0.213. The maximum absolute atomic E-state index is 13.6. The Bertz CT molecular complexity index is 1530. The molecule has 4 aromatic rings. The molecule has 0 saturated carbocycles. The van der Waals surface area contributed by atoms with Crippen LogP contribution in [0.3, 0.4) is 0 Å². The standard InChI is InChI=1S/C35H34N2O6/c1-23(38)42-21-26(19-24-9-3-2-4-10-24)36-34(40)33(20-25-15-17-27(39)18-16-25)37-35(41)43-22-32-30-13-7-5-11-28(30)29-12-6-8-14-31(29)32/h2-18,26,32-33,39H,19-22H2,1H3,(H,36,40)(H,37,41)/t26-,33+/m1/s1. The van der Waals surface area contributed by atoms with Crippen molar-refractivity contribution in [1.82, 2.24) is 10.6 Å². The van der Waals surface area contributed by atoms with Gasteiger partial charge in [-0.3, -0.25) is 9.59 Å². The molecule has 8 heteroatoms. The summed E-state index contributed by atoms with van der Waals surface area (Å²) in [4.78, 5) is 38.3. The van der Waals surface area contributed by atoms with Crippen molar-refractivity contribution >= 4 is 18.0 Å². The van der Waals surface area contributed by atoms with Crippen molar-refractivity contribution in [3.05, 3.63) is 125 Å². The summed E-state index contributed by atoms with van der Waals surface area (Å²) >= 11 is 0. The summed E-state index contributed by atoms with van der Waals surface area (Å²) < 4.78 is 10.9. The fraction of sp³-hybridized carbons (Fsp3) is 0.229. The Morgan fingerprint density at radius 1 is 0.721 bits per heavy atom. The maximum Gasteiger partial charge on any atom is 0.407 e. The zero-order valence-corrected chi connectivity index (χ0v) is 23.9. The maximum atomic E-state index is 13.6. The van der Waals surface area contributed by atoms with Crippen LogP contribution in [0.4, 0.5) is 4.79 Å².